The van der Waals surface area contributed by atoms with Gasteiger partial charge in [0.25, 0.3) is 0 Å². The summed E-state index contributed by atoms with van der Waals surface area (Å²) in [5.41, 5.74) is -0.148. The van der Waals surface area contributed by atoms with Gasteiger partial charge in [0.05, 0.1) is 0 Å². The fourth-order valence-corrected chi connectivity index (χ4v) is 3.37. The zero-order valence-corrected chi connectivity index (χ0v) is 9.77. The first-order valence-electron chi connectivity index (χ1n) is 5.04. The Kier molecular flexibility index (Phi) is 2.29. The molecule has 1 fully saturated rings. The van der Waals surface area contributed by atoms with E-state index in [0.717, 1.165) is 12.8 Å². The fraction of sp³-hybridized carbons (Fsp3) is 1.00. The molecular weight excluding hydrogens is 162 g/mol. The number of rotatable bonds is 0. The molecule has 0 saturated carbocycles. The van der Waals surface area contributed by atoms with Crippen molar-refractivity contribution < 1.29 is 5.21 Å². The lowest BCUT2D eigenvalue weighted by Crippen LogP contribution is -2.60. The Balaban J connectivity index is 2.96. The van der Waals surface area contributed by atoms with E-state index in [9.17, 15) is 5.21 Å². The summed E-state index contributed by atoms with van der Waals surface area (Å²) in [5, 5.41) is 13.3. The van der Waals surface area contributed by atoms with Crippen LogP contribution in [0.5, 0.6) is 0 Å². The number of hydroxylamine groups is 2. The molecule has 0 aromatic carbocycles. The molecule has 0 aromatic heterocycles. The molecule has 2 heteroatoms. The van der Waals surface area contributed by atoms with Crippen LogP contribution in [0.3, 0.4) is 0 Å². The van der Waals surface area contributed by atoms with E-state index < -0.39 is 0 Å². The van der Waals surface area contributed by atoms with E-state index in [2.05, 4.69) is 13.8 Å². The predicted octanol–water partition coefficient (Wildman–Crippen LogP) is 3.01. The van der Waals surface area contributed by atoms with Crippen molar-refractivity contribution in [2.45, 2.75) is 65.5 Å². The van der Waals surface area contributed by atoms with Crippen molar-refractivity contribution in [3.05, 3.63) is 0 Å². The summed E-state index contributed by atoms with van der Waals surface area (Å²) in [5.74, 6) is 0. The molecule has 0 N–H and O–H groups in total. The van der Waals surface area contributed by atoms with Crippen molar-refractivity contribution in [2.75, 3.05) is 0 Å². The van der Waals surface area contributed by atoms with E-state index in [1.165, 1.54) is 5.06 Å². The van der Waals surface area contributed by atoms with Crippen LogP contribution in [0, 0.1) is 5.41 Å². The summed E-state index contributed by atoms with van der Waals surface area (Å²) < 4.78 is 0. The minimum absolute atomic E-state index is 0.217. The molecule has 0 spiro atoms. The fourth-order valence-electron chi connectivity index (χ4n) is 3.37. The molecule has 0 bridgehead atoms. The minimum atomic E-state index is -0.217. The second-order valence-corrected chi connectivity index (χ2v) is 6.44. The Morgan fingerprint density at radius 2 is 1.15 bits per heavy atom. The first kappa shape index (κ1) is 11.0. The molecule has 1 aliphatic heterocycles. The van der Waals surface area contributed by atoms with Crippen LogP contribution in [-0.4, -0.2) is 16.1 Å². The molecular formula is C11H22NO. The highest BCUT2D eigenvalue weighted by Gasteiger charge is 2.48. The van der Waals surface area contributed by atoms with Crippen LogP contribution in [0.25, 0.3) is 0 Å². The molecule has 13 heavy (non-hydrogen) atoms. The quantitative estimate of drug-likeness (QED) is 0.567. The van der Waals surface area contributed by atoms with Crippen molar-refractivity contribution >= 4 is 0 Å². The maximum Gasteiger partial charge on any atom is 0.0448 e. The second-order valence-electron chi connectivity index (χ2n) is 6.44. The number of hydrogen-bond donors (Lipinski definition) is 0. The predicted molar refractivity (Wildman–Crippen MR) is 53.7 cm³/mol. The van der Waals surface area contributed by atoms with Gasteiger partial charge >= 0.3 is 0 Å². The van der Waals surface area contributed by atoms with Crippen molar-refractivity contribution in [1.29, 1.82) is 0 Å². The molecule has 1 radical (unpaired) electrons. The molecule has 0 amide bonds. The summed E-state index contributed by atoms with van der Waals surface area (Å²) >= 11 is 0. The molecule has 0 aromatic rings. The van der Waals surface area contributed by atoms with Crippen LogP contribution in [0.15, 0.2) is 0 Å². The largest absolute Gasteiger partial charge is 0.144 e. The normalized spacial score (nSPS) is 31.6. The number of hydrogen-bond acceptors (Lipinski definition) is 1. The molecule has 0 atom stereocenters. The minimum Gasteiger partial charge on any atom is -0.144 e. The van der Waals surface area contributed by atoms with Crippen molar-refractivity contribution in [2.24, 2.45) is 5.41 Å². The molecule has 1 rings (SSSR count). The zero-order chi connectivity index (χ0) is 10.5. The summed E-state index contributed by atoms with van der Waals surface area (Å²) in [6, 6.07) is 0. The Labute approximate surface area is 81.9 Å². The highest BCUT2D eigenvalue weighted by atomic mass is 16.5. The van der Waals surface area contributed by atoms with Crippen LogP contribution in [-0.2, 0) is 5.21 Å². The molecule has 77 valence electrons. The SMILES string of the molecule is CC1(C)CC(C)(C)N([O])C(C)(C)C1. The van der Waals surface area contributed by atoms with Crippen molar-refractivity contribution in [3.63, 3.8) is 0 Å². The monoisotopic (exact) mass is 184 g/mol. The van der Waals surface area contributed by atoms with Crippen LogP contribution in [0.4, 0.5) is 0 Å². The van der Waals surface area contributed by atoms with Gasteiger partial charge in [0.2, 0.25) is 0 Å². The summed E-state index contributed by atoms with van der Waals surface area (Å²) in [4.78, 5) is 0. The van der Waals surface area contributed by atoms with Gasteiger partial charge in [0.15, 0.2) is 0 Å². The summed E-state index contributed by atoms with van der Waals surface area (Å²) in [6.45, 7) is 12.7. The van der Waals surface area contributed by atoms with Gasteiger partial charge in [-0.25, -0.2) is 0 Å². The molecule has 1 saturated heterocycles. The van der Waals surface area contributed by atoms with Crippen LogP contribution < -0.4 is 0 Å². The molecule has 0 unspecified atom stereocenters. The van der Waals surface area contributed by atoms with Gasteiger partial charge in [-0.05, 0) is 46.0 Å². The van der Waals surface area contributed by atoms with E-state index in [0.29, 0.717) is 0 Å². The Morgan fingerprint density at radius 3 is 1.46 bits per heavy atom. The van der Waals surface area contributed by atoms with Crippen molar-refractivity contribution in [1.82, 2.24) is 5.06 Å². The highest BCUT2D eigenvalue weighted by molar-refractivity contribution is 4.99. The van der Waals surface area contributed by atoms with E-state index in [-0.39, 0.29) is 16.5 Å². The van der Waals surface area contributed by atoms with E-state index in [1.807, 2.05) is 27.7 Å². The van der Waals surface area contributed by atoms with Crippen LogP contribution >= 0.6 is 0 Å². The zero-order valence-electron chi connectivity index (χ0n) is 9.77. The molecule has 2 nitrogen and oxygen atoms in total. The lowest BCUT2D eigenvalue weighted by molar-refractivity contribution is -0.301. The first-order chi connectivity index (χ1) is 5.57. The van der Waals surface area contributed by atoms with Crippen molar-refractivity contribution in [3.8, 4) is 0 Å². The Morgan fingerprint density at radius 1 is 0.846 bits per heavy atom. The van der Waals surface area contributed by atoms with E-state index >= 15 is 0 Å². The topological polar surface area (TPSA) is 23.1 Å². The van der Waals surface area contributed by atoms with Gasteiger partial charge in [0, 0.05) is 11.1 Å². The summed E-state index contributed by atoms with van der Waals surface area (Å²) in [6.07, 6.45) is 1.96. The van der Waals surface area contributed by atoms with Gasteiger partial charge in [-0.1, -0.05) is 13.8 Å². The molecule has 1 heterocycles. The Bertz CT molecular complexity index is 186. The average Bonchev–Trinajstić information content (AvgIpc) is 1.77. The summed E-state index contributed by atoms with van der Waals surface area (Å²) in [7, 11) is 0. The molecule has 0 aliphatic carbocycles. The smallest absolute Gasteiger partial charge is 0.0448 e. The number of piperidine rings is 1. The third-order valence-corrected chi connectivity index (χ3v) is 2.92. The number of nitrogens with zero attached hydrogens (tertiary/aromatic N) is 1. The third kappa shape index (κ3) is 2.05. The second kappa shape index (κ2) is 2.71. The van der Waals surface area contributed by atoms with Gasteiger partial charge in [-0.15, -0.1) is 10.3 Å². The van der Waals surface area contributed by atoms with Gasteiger partial charge < -0.3 is 0 Å². The lowest BCUT2D eigenvalue weighted by Gasteiger charge is -2.53. The lowest BCUT2D eigenvalue weighted by atomic mass is 9.67. The maximum absolute atomic E-state index is 12.0. The maximum atomic E-state index is 12.0. The Hall–Kier alpha value is -0.0800. The van der Waals surface area contributed by atoms with Gasteiger partial charge in [0.1, 0.15) is 0 Å². The third-order valence-electron chi connectivity index (χ3n) is 2.92. The van der Waals surface area contributed by atoms with E-state index in [1.54, 1.807) is 0 Å². The first-order valence-corrected chi connectivity index (χ1v) is 5.04. The standard InChI is InChI=1S/C11H22NO/c1-9(2)7-10(3,4)12(13)11(5,6)8-9/h7-8H2,1-6H3. The van der Waals surface area contributed by atoms with Crippen LogP contribution in [0.2, 0.25) is 0 Å². The molecule has 1 aliphatic rings. The van der Waals surface area contributed by atoms with Gasteiger partial charge in [-0.3, -0.25) is 0 Å². The van der Waals surface area contributed by atoms with Crippen LogP contribution in [0.1, 0.15) is 54.4 Å². The highest BCUT2D eigenvalue weighted by Crippen LogP contribution is 2.46. The van der Waals surface area contributed by atoms with Gasteiger partial charge in [-0.2, -0.15) is 0 Å². The van der Waals surface area contributed by atoms with E-state index in [4.69, 9.17) is 0 Å². The average molecular weight is 184 g/mol.